The van der Waals surface area contributed by atoms with Crippen LogP contribution >= 0.6 is 23.8 Å². The van der Waals surface area contributed by atoms with Gasteiger partial charge in [0.15, 0.2) is 5.11 Å². The summed E-state index contributed by atoms with van der Waals surface area (Å²) in [7, 11) is 0. The van der Waals surface area contributed by atoms with Crippen molar-refractivity contribution in [2.24, 2.45) is 5.73 Å². The monoisotopic (exact) mass is 174 g/mol. The lowest BCUT2D eigenvalue weighted by Crippen LogP contribution is -2.28. The molecule has 1 heterocycles. The standard InChI is InChI=1S/C4H6N4S2/c5-4(9)6-1-3-2-10-8-7-3/h2H,1H2,(H3,5,6,9). The van der Waals surface area contributed by atoms with E-state index in [4.69, 9.17) is 5.73 Å². The third-order valence-electron chi connectivity index (χ3n) is 0.849. The zero-order valence-corrected chi connectivity index (χ0v) is 6.71. The predicted molar refractivity (Wildman–Crippen MR) is 43.5 cm³/mol. The topological polar surface area (TPSA) is 63.8 Å². The molecule has 0 bridgehead atoms. The van der Waals surface area contributed by atoms with Crippen molar-refractivity contribution in [3.8, 4) is 0 Å². The second kappa shape index (κ2) is 3.43. The maximum absolute atomic E-state index is 5.18. The maximum Gasteiger partial charge on any atom is 0.163 e. The highest BCUT2D eigenvalue weighted by atomic mass is 32.1. The molecular formula is C4H6N4S2. The minimum atomic E-state index is 0.285. The average molecular weight is 174 g/mol. The van der Waals surface area contributed by atoms with E-state index in [2.05, 4.69) is 27.1 Å². The Kier molecular flexibility index (Phi) is 2.52. The van der Waals surface area contributed by atoms with Gasteiger partial charge in [0.1, 0.15) is 0 Å². The molecular weight excluding hydrogens is 168 g/mol. The highest BCUT2D eigenvalue weighted by molar-refractivity contribution is 7.80. The van der Waals surface area contributed by atoms with Gasteiger partial charge < -0.3 is 11.1 Å². The summed E-state index contributed by atoms with van der Waals surface area (Å²) < 4.78 is 3.67. The molecule has 3 N–H and O–H groups in total. The zero-order chi connectivity index (χ0) is 7.40. The molecule has 0 spiro atoms. The molecule has 0 saturated carbocycles. The lowest BCUT2D eigenvalue weighted by Gasteiger charge is -1.97. The van der Waals surface area contributed by atoms with E-state index >= 15 is 0 Å². The van der Waals surface area contributed by atoms with Crippen LogP contribution in [0.2, 0.25) is 0 Å². The number of hydrogen-bond acceptors (Lipinski definition) is 4. The summed E-state index contributed by atoms with van der Waals surface area (Å²) in [4.78, 5) is 0. The number of hydrogen-bond donors (Lipinski definition) is 2. The van der Waals surface area contributed by atoms with E-state index in [1.54, 1.807) is 0 Å². The average Bonchev–Trinajstić information content (AvgIpc) is 2.34. The van der Waals surface area contributed by atoms with Crippen LogP contribution in [0.5, 0.6) is 0 Å². The molecule has 0 aliphatic heterocycles. The number of nitrogens with one attached hydrogen (secondary N) is 1. The fourth-order valence-electron chi connectivity index (χ4n) is 0.439. The number of aromatic nitrogens is 2. The van der Waals surface area contributed by atoms with E-state index in [1.165, 1.54) is 11.5 Å². The Bertz CT molecular complexity index is 207. The molecule has 0 saturated heterocycles. The highest BCUT2D eigenvalue weighted by Gasteiger charge is 1.93. The molecule has 0 radical (unpaired) electrons. The fourth-order valence-corrected chi connectivity index (χ4v) is 0.962. The second-order valence-electron chi connectivity index (χ2n) is 1.61. The zero-order valence-electron chi connectivity index (χ0n) is 5.07. The first-order chi connectivity index (χ1) is 4.79. The number of rotatable bonds is 2. The van der Waals surface area contributed by atoms with Crippen molar-refractivity contribution in [3.05, 3.63) is 11.1 Å². The van der Waals surface area contributed by atoms with Crippen molar-refractivity contribution in [3.63, 3.8) is 0 Å². The molecule has 0 unspecified atom stereocenters. The molecule has 54 valence electrons. The van der Waals surface area contributed by atoms with Crippen molar-refractivity contribution < 1.29 is 0 Å². The van der Waals surface area contributed by atoms with Crippen LogP contribution < -0.4 is 11.1 Å². The third-order valence-corrected chi connectivity index (χ3v) is 1.55. The third kappa shape index (κ3) is 2.24. The molecule has 0 aliphatic carbocycles. The Labute approximate surface area is 67.6 Å². The summed E-state index contributed by atoms with van der Waals surface area (Å²) in [6.45, 7) is 0.561. The summed E-state index contributed by atoms with van der Waals surface area (Å²) in [5.41, 5.74) is 6.04. The molecule has 1 aromatic heterocycles. The summed E-state index contributed by atoms with van der Waals surface area (Å²) in [6.07, 6.45) is 0. The molecule has 1 aromatic rings. The van der Waals surface area contributed by atoms with Crippen LogP contribution in [0.25, 0.3) is 0 Å². The predicted octanol–water partition coefficient (Wildman–Crippen LogP) is -0.129. The SMILES string of the molecule is NC(=S)NCc1csnn1. The smallest absolute Gasteiger partial charge is 0.163 e. The van der Waals surface area contributed by atoms with Gasteiger partial charge in [0.2, 0.25) is 0 Å². The Morgan fingerprint density at radius 2 is 2.70 bits per heavy atom. The van der Waals surface area contributed by atoms with Gasteiger partial charge in [0.25, 0.3) is 0 Å². The van der Waals surface area contributed by atoms with Crippen LogP contribution in [0, 0.1) is 0 Å². The van der Waals surface area contributed by atoms with Gasteiger partial charge in [-0.25, -0.2) is 0 Å². The van der Waals surface area contributed by atoms with Crippen molar-refractivity contribution in [2.75, 3.05) is 0 Å². The second-order valence-corrected chi connectivity index (χ2v) is 2.66. The molecule has 4 nitrogen and oxygen atoms in total. The Balaban J connectivity index is 2.35. The summed E-state index contributed by atoms with van der Waals surface area (Å²) in [6, 6.07) is 0. The van der Waals surface area contributed by atoms with E-state index < -0.39 is 0 Å². The van der Waals surface area contributed by atoms with E-state index in [1.807, 2.05) is 5.38 Å². The van der Waals surface area contributed by atoms with Crippen LogP contribution in [0.15, 0.2) is 5.38 Å². The minimum Gasteiger partial charge on any atom is -0.376 e. The van der Waals surface area contributed by atoms with Crippen molar-refractivity contribution in [1.82, 2.24) is 14.9 Å². The minimum absolute atomic E-state index is 0.285. The quantitative estimate of drug-likeness (QED) is 0.612. The van der Waals surface area contributed by atoms with Crippen molar-refractivity contribution in [1.29, 1.82) is 0 Å². The largest absolute Gasteiger partial charge is 0.376 e. The van der Waals surface area contributed by atoms with E-state index in [9.17, 15) is 0 Å². The lowest BCUT2D eigenvalue weighted by atomic mass is 10.5. The van der Waals surface area contributed by atoms with Gasteiger partial charge >= 0.3 is 0 Å². The first kappa shape index (κ1) is 7.36. The van der Waals surface area contributed by atoms with Gasteiger partial charge in [0.05, 0.1) is 12.2 Å². The van der Waals surface area contributed by atoms with Crippen LogP contribution in [-0.4, -0.2) is 14.7 Å². The van der Waals surface area contributed by atoms with Gasteiger partial charge in [-0.15, -0.1) is 5.10 Å². The van der Waals surface area contributed by atoms with Gasteiger partial charge in [-0.05, 0) is 23.8 Å². The Hall–Kier alpha value is -0.750. The maximum atomic E-state index is 5.18. The van der Waals surface area contributed by atoms with Crippen LogP contribution in [-0.2, 0) is 6.54 Å². The van der Waals surface area contributed by atoms with Crippen LogP contribution in [0.4, 0.5) is 0 Å². The normalized spacial score (nSPS) is 9.20. The van der Waals surface area contributed by atoms with Gasteiger partial charge in [0, 0.05) is 5.38 Å². The summed E-state index contributed by atoms with van der Waals surface area (Å²) >= 11 is 5.90. The van der Waals surface area contributed by atoms with Gasteiger partial charge in [-0.3, -0.25) is 0 Å². The first-order valence-electron chi connectivity index (χ1n) is 2.58. The van der Waals surface area contributed by atoms with Crippen LogP contribution in [0.1, 0.15) is 5.69 Å². The van der Waals surface area contributed by atoms with Gasteiger partial charge in [-0.2, -0.15) is 0 Å². The molecule has 0 amide bonds. The van der Waals surface area contributed by atoms with E-state index in [-0.39, 0.29) is 5.11 Å². The number of nitrogens with zero attached hydrogens (tertiary/aromatic N) is 2. The summed E-state index contributed by atoms with van der Waals surface area (Å²) in [5, 5.41) is 8.66. The molecule has 6 heteroatoms. The number of thiocarbonyl (C=S) groups is 1. The Morgan fingerprint density at radius 3 is 3.20 bits per heavy atom. The first-order valence-corrected chi connectivity index (χ1v) is 3.83. The van der Waals surface area contributed by atoms with Gasteiger partial charge in [-0.1, -0.05) is 4.49 Å². The molecule has 0 fully saturated rings. The molecule has 0 aliphatic rings. The van der Waals surface area contributed by atoms with E-state index in [0.29, 0.717) is 6.54 Å². The summed E-state index contributed by atoms with van der Waals surface area (Å²) in [5.74, 6) is 0. The molecule has 0 aromatic carbocycles. The van der Waals surface area contributed by atoms with E-state index in [0.717, 1.165) is 5.69 Å². The van der Waals surface area contributed by atoms with Crippen LogP contribution in [0.3, 0.4) is 0 Å². The Morgan fingerprint density at radius 1 is 1.90 bits per heavy atom. The fraction of sp³-hybridized carbons (Fsp3) is 0.250. The van der Waals surface area contributed by atoms with Crippen molar-refractivity contribution in [2.45, 2.75) is 6.54 Å². The lowest BCUT2D eigenvalue weighted by molar-refractivity contribution is 0.864. The highest BCUT2D eigenvalue weighted by Crippen LogP contribution is 1.94. The molecule has 0 atom stereocenters. The number of nitrogens with two attached hydrogens (primary N) is 1. The van der Waals surface area contributed by atoms with Crippen molar-refractivity contribution >= 4 is 28.9 Å². The molecule has 1 rings (SSSR count). The molecule has 10 heavy (non-hydrogen) atoms.